The molecule has 0 radical (unpaired) electrons. The number of benzene rings is 1. The van der Waals surface area contributed by atoms with Crippen LogP contribution in [0.5, 0.6) is 5.75 Å². The lowest BCUT2D eigenvalue weighted by Gasteiger charge is -2.26. The zero-order valence-electron chi connectivity index (χ0n) is 14.7. The van der Waals surface area contributed by atoms with Gasteiger partial charge in [-0.2, -0.15) is 0 Å². The second-order valence-electron chi connectivity index (χ2n) is 5.96. The van der Waals surface area contributed by atoms with Crippen molar-refractivity contribution >= 4 is 11.6 Å². The third-order valence-electron chi connectivity index (χ3n) is 3.99. The number of hydrogen-bond acceptors (Lipinski definition) is 3. The molecular weight excluding hydrogens is 278 g/mol. The highest BCUT2D eigenvalue weighted by Gasteiger charge is 2.32. The standard InChI is InChI=1S/C18H29NO3/c1-7-11-18(5,21-6)17(20)19-15-9-10-16(13(3)12-15)22-14(4)8-2/h9-10,12,14H,7-8,11H2,1-6H3,(H,19,20)/t14-,18+/m1/s1. The minimum atomic E-state index is -0.797. The highest BCUT2D eigenvalue weighted by atomic mass is 16.5. The van der Waals surface area contributed by atoms with Gasteiger partial charge in [0.05, 0.1) is 6.10 Å². The van der Waals surface area contributed by atoms with E-state index < -0.39 is 5.60 Å². The largest absolute Gasteiger partial charge is 0.490 e. The summed E-state index contributed by atoms with van der Waals surface area (Å²) < 4.78 is 11.2. The van der Waals surface area contributed by atoms with Crippen molar-refractivity contribution in [3.05, 3.63) is 23.8 Å². The summed E-state index contributed by atoms with van der Waals surface area (Å²) in [6.45, 7) is 9.97. The van der Waals surface area contributed by atoms with Crippen LogP contribution >= 0.6 is 0 Å². The molecule has 2 atom stereocenters. The SMILES string of the molecule is CCC[C@](C)(OC)C(=O)Nc1ccc(O[C@H](C)CC)c(C)c1. The fraction of sp³-hybridized carbons (Fsp3) is 0.611. The zero-order chi connectivity index (χ0) is 16.8. The Morgan fingerprint density at radius 2 is 2.05 bits per heavy atom. The molecule has 124 valence electrons. The van der Waals surface area contributed by atoms with Crippen LogP contribution in [0.3, 0.4) is 0 Å². The van der Waals surface area contributed by atoms with Crippen molar-refractivity contribution in [2.24, 2.45) is 0 Å². The average Bonchev–Trinajstić information content (AvgIpc) is 2.49. The molecule has 1 rings (SSSR count). The monoisotopic (exact) mass is 307 g/mol. The Morgan fingerprint density at radius 1 is 1.36 bits per heavy atom. The van der Waals surface area contributed by atoms with E-state index in [4.69, 9.17) is 9.47 Å². The van der Waals surface area contributed by atoms with Crippen molar-refractivity contribution in [2.75, 3.05) is 12.4 Å². The van der Waals surface area contributed by atoms with Crippen molar-refractivity contribution in [3.63, 3.8) is 0 Å². The predicted octanol–water partition coefficient (Wildman–Crippen LogP) is 4.32. The van der Waals surface area contributed by atoms with Crippen LogP contribution in [0.1, 0.15) is 52.5 Å². The Balaban J connectivity index is 2.82. The lowest BCUT2D eigenvalue weighted by molar-refractivity contribution is -0.136. The van der Waals surface area contributed by atoms with E-state index in [1.165, 1.54) is 0 Å². The summed E-state index contributed by atoms with van der Waals surface area (Å²) in [5, 5.41) is 2.93. The van der Waals surface area contributed by atoms with E-state index in [0.717, 1.165) is 29.8 Å². The molecule has 0 aliphatic heterocycles. The summed E-state index contributed by atoms with van der Waals surface area (Å²) in [7, 11) is 1.57. The van der Waals surface area contributed by atoms with Gasteiger partial charge in [-0.3, -0.25) is 4.79 Å². The highest BCUT2D eigenvalue weighted by Crippen LogP contribution is 2.25. The summed E-state index contributed by atoms with van der Waals surface area (Å²) in [6, 6.07) is 5.70. The minimum absolute atomic E-state index is 0.119. The zero-order valence-corrected chi connectivity index (χ0v) is 14.7. The molecule has 1 aromatic carbocycles. The summed E-state index contributed by atoms with van der Waals surface area (Å²) in [4.78, 5) is 12.4. The van der Waals surface area contributed by atoms with Gasteiger partial charge in [-0.05, 0) is 57.4 Å². The minimum Gasteiger partial charge on any atom is -0.490 e. The summed E-state index contributed by atoms with van der Waals surface area (Å²) in [5.41, 5.74) is 0.972. The molecule has 0 heterocycles. The lowest BCUT2D eigenvalue weighted by atomic mass is 9.99. The smallest absolute Gasteiger partial charge is 0.256 e. The number of nitrogens with one attached hydrogen (secondary N) is 1. The van der Waals surface area contributed by atoms with Crippen LogP contribution in [-0.4, -0.2) is 24.7 Å². The number of methoxy groups -OCH3 is 1. The maximum atomic E-state index is 12.4. The normalized spacial score (nSPS) is 15.0. The van der Waals surface area contributed by atoms with Gasteiger partial charge in [-0.15, -0.1) is 0 Å². The summed E-state index contributed by atoms with van der Waals surface area (Å²) in [5.74, 6) is 0.738. The van der Waals surface area contributed by atoms with Crippen LogP contribution in [0, 0.1) is 6.92 Å². The van der Waals surface area contributed by atoms with Gasteiger partial charge >= 0.3 is 0 Å². The molecule has 0 unspecified atom stereocenters. The van der Waals surface area contributed by atoms with Gasteiger partial charge in [0, 0.05) is 12.8 Å². The van der Waals surface area contributed by atoms with E-state index in [1.807, 2.05) is 45.9 Å². The summed E-state index contributed by atoms with van der Waals surface area (Å²) >= 11 is 0. The van der Waals surface area contributed by atoms with Crippen molar-refractivity contribution in [3.8, 4) is 5.75 Å². The third-order valence-corrected chi connectivity index (χ3v) is 3.99. The first kappa shape index (κ1) is 18.5. The number of aryl methyl sites for hydroxylation is 1. The van der Waals surface area contributed by atoms with Gasteiger partial charge < -0.3 is 14.8 Å². The molecule has 1 aromatic rings. The van der Waals surface area contributed by atoms with Crippen molar-refractivity contribution in [2.45, 2.75) is 65.6 Å². The molecule has 4 nitrogen and oxygen atoms in total. The van der Waals surface area contributed by atoms with Crippen LogP contribution in [0.4, 0.5) is 5.69 Å². The molecule has 0 saturated heterocycles. The van der Waals surface area contributed by atoms with Crippen LogP contribution in [0.15, 0.2) is 18.2 Å². The first-order valence-electron chi connectivity index (χ1n) is 8.00. The molecule has 0 aromatic heterocycles. The number of anilines is 1. The number of ether oxygens (including phenoxy) is 2. The molecule has 1 N–H and O–H groups in total. The maximum absolute atomic E-state index is 12.4. The van der Waals surface area contributed by atoms with Gasteiger partial charge in [-0.25, -0.2) is 0 Å². The van der Waals surface area contributed by atoms with Gasteiger partial charge in [0.1, 0.15) is 11.4 Å². The van der Waals surface area contributed by atoms with Crippen LogP contribution in [-0.2, 0) is 9.53 Å². The topological polar surface area (TPSA) is 47.6 Å². The molecule has 0 bridgehead atoms. The predicted molar refractivity (Wildman–Crippen MR) is 90.5 cm³/mol. The average molecular weight is 307 g/mol. The van der Waals surface area contributed by atoms with Crippen LogP contribution in [0.25, 0.3) is 0 Å². The Hall–Kier alpha value is -1.55. The fourth-order valence-electron chi connectivity index (χ4n) is 2.21. The number of carbonyl (C=O) groups is 1. The second-order valence-corrected chi connectivity index (χ2v) is 5.96. The second kappa shape index (κ2) is 8.18. The van der Waals surface area contributed by atoms with E-state index in [1.54, 1.807) is 7.11 Å². The Bertz CT molecular complexity index is 501. The van der Waals surface area contributed by atoms with Gasteiger partial charge in [0.15, 0.2) is 0 Å². The highest BCUT2D eigenvalue weighted by molar-refractivity contribution is 5.97. The Kier molecular flexibility index (Phi) is 6.88. The maximum Gasteiger partial charge on any atom is 0.256 e. The first-order valence-corrected chi connectivity index (χ1v) is 8.00. The molecule has 0 aliphatic carbocycles. The van der Waals surface area contributed by atoms with E-state index in [2.05, 4.69) is 12.2 Å². The number of carbonyl (C=O) groups excluding carboxylic acids is 1. The van der Waals surface area contributed by atoms with Gasteiger partial charge in [-0.1, -0.05) is 20.3 Å². The number of rotatable bonds is 8. The van der Waals surface area contributed by atoms with Gasteiger partial charge in [0.25, 0.3) is 5.91 Å². The number of amides is 1. The molecule has 0 fully saturated rings. The quantitative estimate of drug-likeness (QED) is 0.778. The Morgan fingerprint density at radius 3 is 2.55 bits per heavy atom. The van der Waals surface area contributed by atoms with Crippen molar-refractivity contribution in [1.29, 1.82) is 0 Å². The molecule has 0 spiro atoms. The van der Waals surface area contributed by atoms with Crippen molar-refractivity contribution < 1.29 is 14.3 Å². The molecule has 0 aliphatic rings. The van der Waals surface area contributed by atoms with Crippen LogP contribution < -0.4 is 10.1 Å². The van der Waals surface area contributed by atoms with E-state index in [-0.39, 0.29) is 12.0 Å². The van der Waals surface area contributed by atoms with Crippen LogP contribution in [0.2, 0.25) is 0 Å². The number of hydrogen-bond donors (Lipinski definition) is 1. The van der Waals surface area contributed by atoms with E-state index in [0.29, 0.717) is 6.42 Å². The van der Waals surface area contributed by atoms with E-state index >= 15 is 0 Å². The lowest BCUT2D eigenvalue weighted by Crippen LogP contribution is -2.41. The Labute approximate surface area is 134 Å². The van der Waals surface area contributed by atoms with Crippen molar-refractivity contribution in [1.82, 2.24) is 0 Å². The first-order chi connectivity index (χ1) is 10.4. The molecule has 0 saturated carbocycles. The third kappa shape index (κ3) is 4.73. The molecule has 4 heteroatoms. The molecular formula is C18H29NO3. The summed E-state index contributed by atoms with van der Waals surface area (Å²) in [6.07, 6.45) is 2.71. The van der Waals surface area contributed by atoms with E-state index in [9.17, 15) is 4.79 Å². The van der Waals surface area contributed by atoms with Gasteiger partial charge in [0.2, 0.25) is 0 Å². The molecule has 1 amide bonds. The fourth-order valence-corrected chi connectivity index (χ4v) is 2.21. The molecule has 22 heavy (non-hydrogen) atoms.